The molecule has 0 spiro atoms. The highest BCUT2D eigenvalue weighted by Gasteiger charge is 2.27. The van der Waals surface area contributed by atoms with Crippen molar-refractivity contribution in [2.24, 2.45) is 0 Å². The third-order valence-electron chi connectivity index (χ3n) is 4.79. The summed E-state index contributed by atoms with van der Waals surface area (Å²) in [6, 6.07) is 16.1. The number of ether oxygens (including phenoxy) is 1. The van der Waals surface area contributed by atoms with E-state index in [1.54, 1.807) is 7.11 Å². The first kappa shape index (κ1) is 17.3. The van der Waals surface area contributed by atoms with Gasteiger partial charge in [-0.25, -0.2) is 4.79 Å². The van der Waals surface area contributed by atoms with Crippen LogP contribution in [-0.4, -0.2) is 24.6 Å². The lowest BCUT2D eigenvalue weighted by Crippen LogP contribution is -2.38. The number of hydrogen-bond acceptors (Lipinski definition) is 2. The van der Waals surface area contributed by atoms with Crippen LogP contribution in [0.4, 0.5) is 10.5 Å². The fourth-order valence-corrected chi connectivity index (χ4v) is 3.51. The van der Waals surface area contributed by atoms with Crippen molar-refractivity contribution in [1.29, 1.82) is 0 Å². The molecule has 1 atom stereocenters. The van der Waals surface area contributed by atoms with Crippen LogP contribution in [0.25, 0.3) is 0 Å². The summed E-state index contributed by atoms with van der Waals surface area (Å²) in [5, 5.41) is 3.04. The van der Waals surface area contributed by atoms with Gasteiger partial charge in [0.25, 0.3) is 0 Å². The zero-order valence-corrected chi connectivity index (χ0v) is 15.0. The van der Waals surface area contributed by atoms with Crippen LogP contribution in [-0.2, 0) is 0 Å². The Kier molecular flexibility index (Phi) is 5.59. The number of hydrogen-bond donors (Lipinski definition) is 1. The first-order valence-corrected chi connectivity index (χ1v) is 8.96. The highest BCUT2D eigenvalue weighted by molar-refractivity contribution is 5.91. The summed E-state index contributed by atoms with van der Waals surface area (Å²) in [5.41, 5.74) is 3.16. The molecule has 4 heteroatoms. The van der Waals surface area contributed by atoms with Crippen LogP contribution in [0.3, 0.4) is 0 Å². The molecule has 132 valence electrons. The van der Waals surface area contributed by atoms with E-state index >= 15 is 0 Å². The topological polar surface area (TPSA) is 41.6 Å². The number of likely N-dealkylation sites (tertiary alicyclic amines) is 1. The van der Waals surface area contributed by atoms with Gasteiger partial charge in [-0.1, -0.05) is 54.8 Å². The number of methoxy groups -OCH3 is 1. The van der Waals surface area contributed by atoms with E-state index in [1.165, 1.54) is 17.5 Å². The van der Waals surface area contributed by atoms with Crippen LogP contribution in [0.5, 0.6) is 5.75 Å². The standard InChI is InChI=1S/C21H26N2O2/c1-16-9-8-10-17(15-16)19-12-4-3-7-14-23(19)21(24)22-18-11-5-6-13-20(18)25-2/h5-6,8-11,13,15,19H,3-4,7,12,14H2,1-2H3,(H,22,24)/t19-/m1/s1. The number of amides is 2. The Bertz CT molecular complexity index is 729. The average molecular weight is 338 g/mol. The number of rotatable bonds is 3. The number of nitrogens with zero attached hydrogens (tertiary/aromatic N) is 1. The molecule has 25 heavy (non-hydrogen) atoms. The van der Waals surface area contributed by atoms with Crippen LogP contribution in [0, 0.1) is 6.92 Å². The monoisotopic (exact) mass is 338 g/mol. The molecule has 0 aliphatic carbocycles. The van der Waals surface area contributed by atoms with Crippen molar-refractivity contribution in [3.05, 3.63) is 59.7 Å². The summed E-state index contributed by atoms with van der Waals surface area (Å²) >= 11 is 0. The maximum atomic E-state index is 13.0. The van der Waals surface area contributed by atoms with Crippen LogP contribution in [0.15, 0.2) is 48.5 Å². The molecule has 1 aliphatic rings. The molecule has 1 N–H and O–H groups in total. The molecule has 2 amide bonds. The normalized spacial score (nSPS) is 17.7. The SMILES string of the molecule is COc1ccccc1NC(=O)N1CCCCC[C@@H]1c1cccc(C)c1. The van der Waals surface area contributed by atoms with Crippen molar-refractivity contribution in [2.75, 3.05) is 19.0 Å². The molecule has 1 heterocycles. The fraction of sp³-hybridized carbons (Fsp3) is 0.381. The number of anilines is 1. The lowest BCUT2D eigenvalue weighted by Gasteiger charge is -2.31. The molecular weight excluding hydrogens is 312 g/mol. The van der Waals surface area contributed by atoms with Crippen LogP contribution < -0.4 is 10.1 Å². The maximum absolute atomic E-state index is 13.0. The van der Waals surface area contributed by atoms with Crippen molar-refractivity contribution in [3.8, 4) is 5.75 Å². The van der Waals surface area contributed by atoms with Gasteiger partial charge in [0.2, 0.25) is 0 Å². The number of aryl methyl sites for hydroxylation is 1. The molecule has 1 aliphatic heterocycles. The summed E-state index contributed by atoms with van der Waals surface area (Å²) < 4.78 is 5.35. The van der Waals surface area contributed by atoms with Gasteiger partial charge in [-0.05, 0) is 37.5 Å². The molecule has 0 saturated carbocycles. The van der Waals surface area contributed by atoms with Gasteiger partial charge in [0.15, 0.2) is 0 Å². The Hall–Kier alpha value is -2.49. The van der Waals surface area contributed by atoms with Crippen LogP contribution >= 0.6 is 0 Å². The minimum atomic E-state index is -0.0575. The Labute approximate surface area is 149 Å². The van der Waals surface area contributed by atoms with Crippen molar-refractivity contribution < 1.29 is 9.53 Å². The van der Waals surface area contributed by atoms with E-state index in [2.05, 4.69) is 36.5 Å². The second-order valence-electron chi connectivity index (χ2n) is 6.60. The smallest absolute Gasteiger partial charge is 0.322 e. The van der Waals surface area contributed by atoms with Gasteiger partial charge < -0.3 is 15.0 Å². The molecule has 4 nitrogen and oxygen atoms in total. The summed E-state index contributed by atoms with van der Waals surface area (Å²) in [6.45, 7) is 2.87. The molecule has 3 rings (SSSR count). The predicted octanol–water partition coefficient (Wildman–Crippen LogP) is 5.15. The molecule has 0 radical (unpaired) electrons. The molecule has 0 unspecified atom stereocenters. The molecular formula is C21H26N2O2. The van der Waals surface area contributed by atoms with Crippen molar-refractivity contribution >= 4 is 11.7 Å². The zero-order chi connectivity index (χ0) is 17.6. The highest BCUT2D eigenvalue weighted by atomic mass is 16.5. The average Bonchev–Trinajstić information content (AvgIpc) is 2.88. The van der Waals surface area contributed by atoms with E-state index in [-0.39, 0.29) is 12.1 Å². The van der Waals surface area contributed by atoms with Gasteiger partial charge in [0, 0.05) is 6.54 Å². The summed E-state index contributed by atoms with van der Waals surface area (Å²) in [5.74, 6) is 0.678. The van der Waals surface area contributed by atoms with Crippen molar-refractivity contribution in [2.45, 2.75) is 38.6 Å². The molecule has 0 bridgehead atoms. The van der Waals surface area contributed by atoms with E-state index in [9.17, 15) is 4.79 Å². The lowest BCUT2D eigenvalue weighted by molar-refractivity contribution is 0.189. The minimum Gasteiger partial charge on any atom is -0.495 e. The number of carbonyl (C=O) groups is 1. The van der Waals surface area contributed by atoms with E-state index in [0.29, 0.717) is 11.4 Å². The Morgan fingerprint density at radius 3 is 2.76 bits per heavy atom. The number of urea groups is 1. The minimum absolute atomic E-state index is 0.0575. The Morgan fingerprint density at radius 1 is 1.12 bits per heavy atom. The number of para-hydroxylation sites is 2. The van der Waals surface area contributed by atoms with Gasteiger partial charge in [-0.15, -0.1) is 0 Å². The largest absolute Gasteiger partial charge is 0.495 e. The van der Waals surface area contributed by atoms with Crippen molar-refractivity contribution in [1.82, 2.24) is 4.90 Å². The summed E-state index contributed by atoms with van der Waals surface area (Å²) in [7, 11) is 1.62. The predicted molar refractivity (Wildman–Crippen MR) is 101 cm³/mol. The second-order valence-corrected chi connectivity index (χ2v) is 6.60. The number of benzene rings is 2. The maximum Gasteiger partial charge on any atom is 0.322 e. The molecule has 1 fully saturated rings. The van der Waals surface area contributed by atoms with Crippen molar-refractivity contribution in [3.63, 3.8) is 0 Å². The first-order valence-electron chi connectivity index (χ1n) is 8.96. The molecule has 0 aromatic heterocycles. The van der Waals surface area contributed by atoms with Gasteiger partial charge >= 0.3 is 6.03 Å². The number of carbonyl (C=O) groups excluding carboxylic acids is 1. The Balaban J connectivity index is 1.84. The highest BCUT2D eigenvalue weighted by Crippen LogP contribution is 2.32. The third kappa shape index (κ3) is 4.13. The Morgan fingerprint density at radius 2 is 1.96 bits per heavy atom. The van der Waals surface area contributed by atoms with E-state index in [4.69, 9.17) is 4.74 Å². The number of nitrogens with one attached hydrogen (secondary N) is 1. The van der Waals surface area contributed by atoms with Crippen LogP contribution in [0.2, 0.25) is 0 Å². The molecule has 2 aromatic rings. The van der Waals surface area contributed by atoms with Gasteiger partial charge in [-0.2, -0.15) is 0 Å². The van der Waals surface area contributed by atoms with Gasteiger partial charge in [0.05, 0.1) is 18.8 Å². The molecule has 2 aromatic carbocycles. The second kappa shape index (κ2) is 8.06. The van der Waals surface area contributed by atoms with E-state index in [0.717, 1.165) is 25.8 Å². The zero-order valence-electron chi connectivity index (χ0n) is 15.0. The summed E-state index contributed by atoms with van der Waals surface area (Å²) in [4.78, 5) is 15.0. The quantitative estimate of drug-likeness (QED) is 0.840. The third-order valence-corrected chi connectivity index (χ3v) is 4.79. The first-order chi connectivity index (χ1) is 12.2. The summed E-state index contributed by atoms with van der Waals surface area (Å²) in [6.07, 6.45) is 4.36. The lowest BCUT2D eigenvalue weighted by atomic mass is 9.99. The van der Waals surface area contributed by atoms with Crippen LogP contribution in [0.1, 0.15) is 42.9 Å². The van der Waals surface area contributed by atoms with Gasteiger partial charge in [0.1, 0.15) is 5.75 Å². The van der Waals surface area contributed by atoms with Gasteiger partial charge in [-0.3, -0.25) is 0 Å². The fourth-order valence-electron chi connectivity index (χ4n) is 3.51. The van der Waals surface area contributed by atoms with E-state index < -0.39 is 0 Å². The molecule has 1 saturated heterocycles. The van der Waals surface area contributed by atoms with E-state index in [1.807, 2.05) is 29.2 Å².